The first kappa shape index (κ1) is 15.3. The van der Waals surface area contributed by atoms with Gasteiger partial charge < -0.3 is 0 Å². The van der Waals surface area contributed by atoms with Gasteiger partial charge in [0, 0.05) is 12.6 Å². The zero-order valence-corrected chi connectivity index (χ0v) is 12.9. The lowest BCUT2D eigenvalue weighted by Crippen LogP contribution is -2.28. The van der Waals surface area contributed by atoms with Crippen LogP contribution in [-0.2, 0) is 6.42 Å². The molecule has 1 amide bonds. The highest BCUT2D eigenvalue weighted by molar-refractivity contribution is 6.03. The molecule has 0 radical (unpaired) electrons. The summed E-state index contributed by atoms with van der Waals surface area (Å²) < 4.78 is 13.6. The van der Waals surface area contributed by atoms with E-state index in [1.807, 2.05) is 13.8 Å². The molecule has 0 aliphatic heterocycles. The maximum Gasteiger partial charge on any atom is 0.260 e. The average molecular weight is 313 g/mol. The fourth-order valence-electron chi connectivity index (χ4n) is 2.70. The van der Waals surface area contributed by atoms with Crippen molar-refractivity contribution in [1.82, 2.24) is 9.97 Å². The summed E-state index contributed by atoms with van der Waals surface area (Å²) in [4.78, 5) is 32.4. The average Bonchev–Trinajstić information content (AvgIpc) is 2.45. The first-order valence-corrected chi connectivity index (χ1v) is 7.31. The molecule has 5 nitrogen and oxygen atoms in total. The van der Waals surface area contributed by atoms with Crippen molar-refractivity contribution in [2.45, 2.75) is 26.7 Å². The molecule has 0 fully saturated rings. The fourth-order valence-corrected chi connectivity index (χ4v) is 2.70. The maximum absolute atomic E-state index is 13.6. The second-order valence-electron chi connectivity index (χ2n) is 6.43. The number of amides is 1. The van der Waals surface area contributed by atoms with Crippen molar-refractivity contribution in [2.24, 2.45) is 5.41 Å². The van der Waals surface area contributed by atoms with E-state index in [-0.39, 0.29) is 22.7 Å². The number of carbonyl (C=O) groups is 2. The Balaban J connectivity index is 1.87. The molecule has 0 spiro atoms. The number of nitrogens with zero attached hydrogens (tertiary/aromatic N) is 2. The standard InChI is InChI=1S/C17H16FN3O2/c1-17(2)7-13-11(14(22)8-17)9-19-16(20-13)21-15(23)10-5-3-4-6-12(10)18/h3-6,9H,7-8H2,1-2H3,(H,19,20,21,23). The molecule has 3 rings (SSSR count). The van der Waals surface area contributed by atoms with E-state index in [2.05, 4.69) is 15.3 Å². The second kappa shape index (κ2) is 5.53. The molecule has 0 atom stereocenters. The van der Waals surface area contributed by atoms with Gasteiger partial charge in [0.2, 0.25) is 5.95 Å². The van der Waals surface area contributed by atoms with Gasteiger partial charge >= 0.3 is 0 Å². The van der Waals surface area contributed by atoms with Crippen LogP contribution in [0.15, 0.2) is 30.5 Å². The predicted molar refractivity (Wildman–Crippen MR) is 82.8 cm³/mol. The van der Waals surface area contributed by atoms with Gasteiger partial charge in [-0.05, 0) is 24.0 Å². The van der Waals surface area contributed by atoms with Gasteiger partial charge in [-0.1, -0.05) is 26.0 Å². The van der Waals surface area contributed by atoms with Crippen LogP contribution in [0.2, 0.25) is 0 Å². The number of Topliss-reactive ketones (excluding diaryl/α,β-unsaturated/α-hetero) is 1. The number of ketones is 1. The van der Waals surface area contributed by atoms with Gasteiger partial charge in [0.25, 0.3) is 5.91 Å². The molecular formula is C17H16FN3O2. The van der Waals surface area contributed by atoms with Crippen LogP contribution in [-0.4, -0.2) is 21.7 Å². The number of anilines is 1. The summed E-state index contributed by atoms with van der Waals surface area (Å²) in [7, 11) is 0. The van der Waals surface area contributed by atoms with Crippen molar-refractivity contribution in [3.63, 3.8) is 0 Å². The molecule has 118 valence electrons. The van der Waals surface area contributed by atoms with Crippen LogP contribution in [0.4, 0.5) is 10.3 Å². The highest BCUT2D eigenvalue weighted by Crippen LogP contribution is 2.33. The van der Waals surface area contributed by atoms with Crippen molar-refractivity contribution in [3.05, 3.63) is 53.1 Å². The monoisotopic (exact) mass is 313 g/mol. The molecule has 1 heterocycles. The lowest BCUT2D eigenvalue weighted by atomic mass is 9.76. The van der Waals surface area contributed by atoms with Crippen molar-refractivity contribution in [1.29, 1.82) is 0 Å². The Labute approximate surface area is 133 Å². The highest BCUT2D eigenvalue weighted by Gasteiger charge is 2.32. The number of fused-ring (bicyclic) bond motifs is 1. The van der Waals surface area contributed by atoms with Gasteiger partial charge in [0.15, 0.2) is 5.78 Å². The van der Waals surface area contributed by atoms with Crippen LogP contribution in [0.1, 0.15) is 46.7 Å². The summed E-state index contributed by atoms with van der Waals surface area (Å²) in [5.41, 5.74) is 0.856. The summed E-state index contributed by atoms with van der Waals surface area (Å²) in [5.74, 6) is -1.16. The third-order valence-electron chi connectivity index (χ3n) is 3.80. The Morgan fingerprint density at radius 2 is 2.00 bits per heavy atom. The normalized spacial score (nSPS) is 15.9. The van der Waals surface area contributed by atoms with Gasteiger partial charge in [-0.3, -0.25) is 14.9 Å². The quantitative estimate of drug-likeness (QED) is 0.925. The Morgan fingerprint density at radius 3 is 2.74 bits per heavy atom. The van der Waals surface area contributed by atoms with Crippen molar-refractivity contribution in [2.75, 3.05) is 5.32 Å². The lowest BCUT2D eigenvalue weighted by molar-refractivity contribution is 0.0909. The predicted octanol–water partition coefficient (Wildman–Crippen LogP) is 3.02. The number of nitrogens with one attached hydrogen (secondary N) is 1. The van der Waals surface area contributed by atoms with E-state index in [1.165, 1.54) is 24.4 Å². The smallest absolute Gasteiger partial charge is 0.260 e. The second-order valence-corrected chi connectivity index (χ2v) is 6.43. The largest absolute Gasteiger partial charge is 0.294 e. The number of halogens is 1. The van der Waals surface area contributed by atoms with E-state index < -0.39 is 11.7 Å². The minimum Gasteiger partial charge on any atom is -0.294 e. The molecule has 1 aromatic carbocycles. The van der Waals surface area contributed by atoms with Gasteiger partial charge in [-0.2, -0.15) is 0 Å². The molecule has 1 N–H and O–H groups in total. The third kappa shape index (κ3) is 3.11. The molecule has 2 aromatic rings. The molecule has 1 aliphatic carbocycles. The van der Waals surface area contributed by atoms with E-state index >= 15 is 0 Å². The van der Waals surface area contributed by atoms with E-state index in [0.717, 1.165) is 0 Å². The van der Waals surface area contributed by atoms with Gasteiger partial charge in [0.1, 0.15) is 5.82 Å². The summed E-state index contributed by atoms with van der Waals surface area (Å²) in [6, 6.07) is 5.68. The number of carbonyl (C=O) groups excluding carboxylic acids is 2. The molecule has 6 heteroatoms. The molecule has 0 bridgehead atoms. The number of rotatable bonds is 2. The van der Waals surface area contributed by atoms with Crippen LogP contribution in [0.25, 0.3) is 0 Å². The van der Waals surface area contributed by atoms with E-state index in [1.54, 1.807) is 6.07 Å². The van der Waals surface area contributed by atoms with Crippen LogP contribution >= 0.6 is 0 Å². The van der Waals surface area contributed by atoms with Crippen molar-refractivity contribution >= 4 is 17.6 Å². The maximum atomic E-state index is 13.6. The summed E-state index contributed by atoms with van der Waals surface area (Å²) in [5, 5.41) is 2.48. The number of hydrogen-bond acceptors (Lipinski definition) is 4. The minimum atomic E-state index is -0.621. The molecule has 0 unspecified atom stereocenters. The van der Waals surface area contributed by atoms with Crippen LogP contribution in [0, 0.1) is 11.2 Å². The number of aromatic nitrogens is 2. The van der Waals surface area contributed by atoms with Crippen LogP contribution in [0.5, 0.6) is 0 Å². The Hall–Kier alpha value is -2.63. The van der Waals surface area contributed by atoms with Gasteiger partial charge in [-0.15, -0.1) is 0 Å². The van der Waals surface area contributed by atoms with Crippen molar-refractivity contribution < 1.29 is 14.0 Å². The fraction of sp³-hybridized carbons (Fsp3) is 0.294. The SMILES string of the molecule is CC1(C)CC(=O)c2cnc(NC(=O)c3ccccc3F)nc2C1. The third-order valence-corrected chi connectivity index (χ3v) is 3.80. The molecule has 1 aromatic heterocycles. The van der Waals surface area contributed by atoms with Crippen molar-refractivity contribution in [3.8, 4) is 0 Å². The Kier molecular flexibility index (Phi) is 3.67. The number of benzene rings is 1. The Bertz CT molecular complexity index is 802. The van der Waals surface area contributed by atoms with Crippen LogP contribution < -0.4 is 5.32 Å². The van der Waals surface area contributed by atoms with E-state index in [9.17, 15) is 14.0 Å². The first-order valence-electron chi connectivity index (χ1n) is 7.31. The van der Waals surface area contributed by atoms with E-state index in [4.69, 9.17) is 0 Å². The number of hydrogen-bond donors (Lipinski definition) is 1. The summed E-state index contributed by atoms with van der Waals surface area (Å²) in [6.07, 6.45) is 2.50. The van der Waals surface area contributed by atoms with Gasteiger partial charge in [-0.25, -0.2) is 14.4 Å². The molecule has 1 aliphatic rings. The summed E-state index contributed by atoms with van der Waals surface area (Å²) in [6.45, 7) is 3.99. The van der Waals surface area contributed by atoms with E-state index in [0.29, 0.717) is 24.1 Å². The van der Waals surface area contributed by atoms with Crippen LogP contribution in [0.3, 0.4) is 0 Å². The molecular weight excluding hydrogens is 297 g/mol. The molecule has 0 saturated heterocycles. The highest BCUT2D eigenvalue weighted by atomic mass is 19.1. The zero-order chi connectivity index (χ0) is 16.6. The zero-order valence-electron chi connectivity index (χ0n) is 12.9. The minimum absolute atomic E-state index is 0.00299. The Morgan fingerprint density at radius 1 is 1.26 bits per heavy atom. The first-order chi connectivity index (χ1) is 10.9. The molecule has 23 heavy (non-hydrogen) atoms. The van der Waals surface area contributed by atoms with Gasteiger partial charge in [0.05, 0.1) is 16.8 Å². The molecule has 0 saturated carbocycles. The lowest BCUT2D eigenvalue weighted by Gasteiger charge is -2.29. The topological polar surface area (TPSA) is 72.0 Å². The summed E-state index contributed by atoms with van der Waals surface area (Å²) >= 11 is 0.